The molecule has 0 aromatic heterocycles. The summed E-state index contributed by atoms with van der Waals surface area (Å²) >= 11 is 3.37. The van der Waals surface area contributed by atoms with Crippen molar-refractivity contribution in [3.8, 4) is 5.75 Å². The molecular formula is C19H16BrNO4. The number of nitrogens with zero attached hydrogens (tertiary/aromatic N) is 1. The van der Waals surface area contributed by atoms with Gasteiger partial charge in [0.25, 0.3) is 11.7 Å². The number of hydrogen-bond acceptors (Lipinski definition) is 4. The summed E-state index contributed by atoms with van der Waals surface area (Å²) in [5.74, 6) is -0.887. The van der Waals surface area contributed by atoms with Gasteiger partial charge < -0.3 is 14.7 Å². The Morgan fingerprint density at radius 3 is 2.24 bits per heavy atom. The van der Waals surface area contributed by atoms with Crippen molar-refractivity contribution in [2.75, 3.05) is 14.2 Å². The summed E-state index contributed by atoms with van der Waals surface area (Å²) in [5.41, 5.74) is 1.29. The molecule has 1 fully saturated rings. The number of aliphatic hydroxyl groups is 1. The van der Waals surface area contributed by atoms with Gasteiger partial charge in [0.15, 0.2) is 0 Å². The molecule has 2 aromatic carbocycles. The minimum Gasteiger partial charge on any atom is -0.507 e. The Kier molecular flexibility index (Phi) is 4.63. The van der Waals surface area contributed by atoms with Gasteiger partial charge in [0, 0.05) is 17.1 Å². The van der Waals surface area contributed by atoms with Gasteiger partial charge in [0.2, 0.25) is 0 Å². The SMILES string of the molecule is COc1ccc(C(O)=C2C(=O)C(=O)N(C)[C@@H]2c2ccc(Br)cc2)cc1. The van der Waals surface area contributed by atoms with Crippen molar-refractivity contribution in [2.45, 2.75) is 6.04 Å². The average molecular weight is 402 g/mol. The van der Waals surface area contributed by atoms with Crippen LogP contribution in [-0.2, 0) is 9.59 Å². The molecular weight excluding hydrogens is 386 g/mol. The predicted molar refractivity (Wildman–Crippen MR) is 97.2 cm³/mol. The maximum Gasteiger partial charge on any atom is 0.295 e. The Hall–Kier alpha value is -2.60. The van der Waals surface area contributed by atoms with E-state index in [0.717, 1.165) is 10.0 Å². The number of halogens is 1. The van der Waals surface area contributed by atoms with Crippen molar-refractivity contribution >= 4 is 33.4 Å². The zero-order valence-corrected chi connectivity index (χ0v) is 15.3. The molecule has 0 radical (unpaired) electrons. The molecule has 2 aromatic rings. The first kappa shape index (κ1) is 17.2. The molecule has 6 heteroatoms. The number of likely N-dealkylation sites (N-methyl/N-ethyl adjacent to an activating group) is 1. The largest absolute Gasteiger partial charge is 0.507 e. The van der Waals surface area contributed by atoms with E-state index in [9.17, 15) is 14.7 Å². The molecule has 5 nitrogen and oxygen atoms in total. The maximum atomic E-state index is 12.5. The van der Waals surface area contributed by atoms with E-state index in [-0.39, 0.29) is 11.3 Å². The maximum absolute atomic E-state index is 12.5. The monoisotopic (exact) mass is 401 g/mol. The lowest BCUT2D eigenvalue weighted by atomic mass is 9.95. The number of ketones is 1. The summed E-state index contributed by atoms with van der Waals surface area (Å²) in [7, 11) is 3.10. The molecule has 0 aliphatic carbocycles. The molecule has 1 amide bonds. The lowest BCUT2D eigenvalue weighted by Gasteiger charge is -2.21. The van der Waals surface area contributed by atoms with E-state index in [1.54, 1.807) is 38.4 Å². The molecule has 0 bridgehead atoms. The fourth-order valence-corrected chi connectivity index (χ4v) is 3.15. The predicted octanol–water partition coefficient (Wildman–Crippen LogP) is 3.51. The summed E-state index contributed by atoms with van der Waals surface area (Å²) < 4.78 is 5.99. The number of Topliss-reactive ketones (excluding diaryl/α,β-unsaturated/α-hetero) is 1. The van der Waals surface area contributed by atoms with E-state index in [1.165, 1.54) is 4.90 Å². The number of carbonyl (C=O) groups is 2. The molecule has 1 saturated heterocycles. The van der Waals surface area contributed by atoms with Crippen molar-refractivity contribution in [1.29, 1.82) is 0 Å². The minimum atomic E-state index is -0.691. The number of aliphatic hydroxyl groups excluding tert-OH is 1. The van der Waals surface area contributed by atoms with Gasteiger partial charge >= 0.3 is 0 Å². The Bertz CT molecular complexity index is 856. The summed E-state index contributed by atoms with van der Waals surface area (Å²) in [4.78, 5) is 26.0. The van der Waals surface area contributed by atoms with E-state index in [4.69, 9.17) is 4.74 Å². The third-order valence-corrected chi connectivity index (χ3v) is 4.75. The van der Waals surface area contributed by atoms with Crippen molar-refractivity contribution < 1.29 is 19.4 Å². The van der Waals surface area contributed by atoms with Crippen LogP contribution in [0.5, 0.6) is 5.75 Å². The van der Waals surface area contributed by atoms with Crippen LogP contribution in [0.2, 0.25) is 0 Å². The summed E-state index contributed by atoms with van der Waals surface area (Å²) in [6.45, 7) is 0. The molecule has 1 heterocycles. The first-order chi connectivity index (χ1) is 11.9. The van der Waals surface area contributed by atoms with Crippen LogP contribution in [0.3, 0.4) is 0 Å². The molecule has 0 unspecified atom stereocenters. The zero-order chi connectivity index (χ0) is 18.1. The molecule has 1 aliphatic heterocycles. The third kappa shape index (κ3) is 3.05. The van der Waals surface area contributed by atoms with Crippen molar-refractivity contribution in [2.24, 2.45) is 0 Å². The van der Waals surface area contributed by atoms with Crippen LogP contribution in [0.25, 0.3) is 5.76 Å². The third-order valence-electron chi connectivity index (χ3n) is 4.22. The quantitative estimate of drug-likeness (QED) is 0.485. The van der Waals surface area contributed by atoms with Crippen LogP contribution in [0.15, 0.2) is 58.6 Å². The van der Waals surface area contributed by atoms with Gasteiger partial charge in [-0.25, -0.2) is 0 Å². The van der Waals surface area contributed by atoms with Gasteiger partial charge in [-0.2, -0.15) is 0 Å². The van der Waals surface area contributed by atoms with Crippen molar-refractivity contribution in [3.05, 3.63) is 69.7 Å². The van der Waals surface area contributed by atoms with Gasteiger partial charge in [-0.15, -0.1) is 0 Å². The molecule has 1 N–H and O–H groups in total. The van der Waals surface area contributed by atoms with E-state index >= 15 is 0 Å². The summed E-state index contributed by atoms with van der Waals surface area (Å²) in [5, 5.41) is 10.7. The van der Waals surface area contributed by atoms with E-state index in [2.05, 4.69) is 15.9 Å². The fraction of sp³-hybridized carbons (Fsp3) is 0.158. The number of rotatable bonds is 3. The smallest absolute Gasteiger partial charge is 0.295 e. The highest BCUT2D eigenvalue weighted by Crippen LogP contribution is 2.38. The van der Waals surface area contributed by atoms with E-state index < -0.39 is 17.7 Å². The second-order valence-corrected chi connectivity index (χ2v) is 6.61. The molecule has 0 saturated carbocycles. The highest BCUT2D eigenvalue weighted by molar-refractivity contribution is 9.10. The lowest BCUT2D eigenvalue weighted by Crippen LogP contribution is -2.24. The minimum absolute atomic E-state index is 0.0833. The molecule has 0 spiro atoms. The number of carbonyl (C=O) groups excluding carboxylic acids is 2. The Labute approximate surface area is 153 Å². The number of ether oxygens (including phenoxy) is 1. The summed E-state index contributed by atoms with van der Waals surface area (Å²) in [6, 6.07) is 13.3. The molecule has 25 heavy (non-hydrogen) atoms. The average Bonchev–Trinajstić information content (AvgIpc) is 2.86. The number of likely N-dealkylation sites (tertiary alicyclic amines) is 1. The van der Waals surface area contributed by atoms with Gasteiger partial charge in [-0.3, -0.25) is 9.59 Å². The van der Waals surface area contributed by atoms with Crippen LogP contribution in [0.1, 0.15) is 17.2 Å². The second kappa shape index (κ2) is 6.72. The standard InChI is InChI=1S/C19H16BrNO4/c1-21-16(11-3-7-13(20)8-4-11)15(18(23)19(21)24)17(22)12-5-9-14(25-2)10-6-12/h3-10,16,22H,1-2H3/t16-/m1/s1. The van der Waals surface area contributed by atoms with Gasteiger partial charge in [0.05, 0.1) is 18.7 Å². The first-order valence-electron chi connectivity index (χ1n) is 7.58. The van der Waals surface area contributed by atoms with Crippen LogP contribution >= 0.6 is 15.9 Å². The van der Waals surface area contributed by atoms with Crippen molar-refractivity contribution in [3.63, 3.8) is 0 Å². The first-order valence-corrected chi connectivity index (χ1v) is 8.38. The topological polar surface area (TPSA) is 66.8 Å². The molecule has 128 valence electrons. The summed E-state index contributed by atoms with van der Waals surface area (Å²) in [6.07, 6.45) is 0. The highest BCUT2D eigenvalue weighted by atomic mass is 79.9. The van der Waals surface area contributed by atoms with Crippen LogP contribution in [0, 0.1) is 0 Å². The van der Waals surface area contributed by atoms with Crippen molar-refractivity contribution in [1.82, 2.24) is 4.90 Å². The van der Waals surface area contributed by atoms with Gasteiger partial charge in [-0.1, -0.05) is 28.1 Å². The van der Waals surface area contributed by atoms with Crippen LogP contribution in [0.4, 0.5) is 0 Å². The highest BCUT2D eigenvalue weighted by Gasteiger charge is 2.44. The molecule has 1 aliphatic rings. The Morgan fingerprint density at radius 2 is 1.68 bits per heavy atom. The normalized spacial score (nSPS) is 19.3. The fourth-order valence-electron chi connectivity index (χ4n) is 2.89. The Balaban J connectivity index is 2.12. The molecule has 3 rings (SSSR count). The van der Waals surface area contributed by atoms with Gasteiger partial charge in [0.1, 0.15) is 11.5 Å². The van der Waals surface area contributed by atoms with Crippen LogP contribution in [-0.4, -0.2) is 35.9 Å². The lowest BCUT2D eigenvalue weighted by molar-refractivity contribution is -0.139. The van der Waals surface area contributed by atoms with Crippen LogP contribution < -0.4 is 4.74 Å². The van der Waals surface area contributed by atoms with E-state index in [1.807, 2.05) is 24.3 Å². The second-order valence-electron chi connectivity index (χ2n) is 5.69. The zero-order valence-electron chi connectivity index (χ0n) is 13.7. The molecule has 1 atom stereocenters. The number of methoxy groups -OCH3 is 1. The number of hydrogen-bond donors (Lipinski definition) is 1. The number of amides is 1. The Morgan fingerprint density at radius 1 is 1.08 bits per heavy atom. The van der Waals surface area contributed by atoms with E-state index in [0.29, 0.717) is 11.3 Å². The number of benzene rings is 2. The van der Waals surface area contributed by atoms with Gasteiger partial charge in [-0.05, 0) is 42.0 Å².